The third kappa shape index (κ3) is 12.1. The van der Waals surface area contributed by atoms with Crippen LogP contribution in [0, 0.1) is 0 Å². The Balaban J connectivity index is 3.20. The fourth-order valence-electron chi connectivity index (χ4n) is 0.993. The van der Waals surface area contributed by atoms with Crippen LogP contribution in [0.5, 0.6) is 0 Å². The molecule has 0 atom stereocenters. The summed E-state index contributed by atoms with van der Waals surface area (Å²) in [7, 11) is 3.59. The molecule has 0 rings (SSSR count). The summed E-state index contributed by atoms with van der Waals surface area (Å²) in [4.78, 5) is 2.06. The summed E-state index contributed by atoms with van der Waals surface area (Å²) >= 11 is 0.0102. The molecule has 1 N–H and O–H groups in total. The standard InChI is InChI=1S/C9H19F3N2OS/c1-14(6-7-15-2)5-3-13-4-8-16-9(10,11)12/h13H,3-8H2,1-2H3. The van der Waals surface area contributed by atoms with Gasteiger partial charge in [0.25, 0.3) is 0 Å². The van der Waals surface area contributed by atoms with E-state index in [1.165, 1.54) is 0 Å². The fourth-order valence-corrected chi connectivity index (χ4v) is 1.47. The number of halogens is 3. The van der Waals surface area contributed by atoms with Gasteiger partial charge in [-0.15, -0.1) is 0 Å². The fraction of sp³-hybridized carbons (Fsp3) is 1.00. The molecular weight excluding hydrogens is 241 g/mol. The molecule has 0 saturated heterocycles. The number of rotatable bonds is 9. The Morgan fingerprint density at radius 3 is 2.50 bits per heavy atom. The lowest BCUT2D eigenvalue weighted by Gasteiger charge is -2.16. The zero-order valence-electron chi connectivity index (χ0n) is 9.64. The highest BCUT2D eigenvalue weighted by Crippen LogP contribution is 2.29. The average molecular weight is 260 g/mol. The van der Waals surface area contributed by atoms with Gasteiger partial charge in [-0.25, -0.2) is 0 Å². The minimum atomic E-state index is -4.11. The van der Waals surface area contributed by atoms with E-state index in [0.29, 0.717) is 19.7 Å². The van der Waals surface area contributed by atoms with Gasteiger partial charge in [0.05, 0.1) is 6.61 Å². The topological polar surface area (TPSA) is 24.5 Å². The van der Waals surface area contributed by atoms with Gasteiger partial charge in [-0.1, -0.05) is 0 Å². The van der Waals surface area contributed by atoms with Crippen LogP contribution < -0.4 is 5.32 Å². The van der Waals surface area contributed by atoms with Crippen LogP contribution in [0.3, 0.4) is 0 Å². The van der Waals surface area contributed by atoms with Crippen molar-refractivity contribution in [1.82, 2.24) is 10.2 Å². The van der Waals surface area contributed by atoms with Crippen LogP contribution in [0.25, 0.3) is 0 Å². The number of ether oxygens (including phenoxy) is 1. The van der Waals surface area contributed by atoms with E-state index in [4.69, 9.17) is 4.74 Å². The summed E-state index contributed by atoms with van der Waals surface area (Å²) in [5.74, 6) is 0.0608. The van der Waals surface area contributed by atoms with Gasteiger partial charge in [0.1, 0.15) is 0 Å². The summed E-state index contributed by atoms with van der Waals surface area (Å²) < 4.78 is 40.1. The van der Waals surface area contributed by atoms with Crippen LogP contribution in [0.4, 0.5) is 13.2 Å². The maximum atomic E-state index is 11.7. The molecule has 0 aromatic heterocycles. The van der Waals surface area contributed by atoms with Crippen molar-refractivity contribution in [2.75, 3.05) is 52.7 Å². The van der Waals surface area contributed by atoms with Crippen LogP contribution >= 0.6 is 11.8 Å². The first-order valence-corrected chi connectivity index (χ1v) is 6.03. The zero-order valence-corrected chi connectivity index (χ0v) is 10.5. The molecule has 0 spiro atoms. The summed E-state index contributed by atoms with van der Waals surface area (Å²) in [6.07, 6.45) is 0. The van der Waals surface area contributed by atoms with Gasteiger partial charge in [-0.2, -0.15) is 13.2 Å². The van der Waals surface area contributed by atoms with Gasteiger partial charge in [0, 0.05) is 39.0 Å². The van der Waals surface area contributed by atoms with Gasteiger partial charge in [-0.3, -0.25) is 0 Å². The number of methoxy groups -OCH3 is 1. The molecular formula is C9H19F3N2OS. The zero-order chi connectivity index (χ0) is 12.4. The number of nitrogens with one attached hydrogen (secondary N) is 1. The van der Waals surface area contributed by atoms with Crippen molar-refractivity contribution in [3.05, 3.63) is 0 Å². The van der Waals surface area contributed by atoms with Gasteiger partial charge in [-0.05, 0) is 18.8 Å². The number of hydrogen-bond donors (Lipinski definition) is 1. The lowest BCUT2D eigenvalue weighted by atomic mass is 10.5. The molecule has 0 aliphatic heterocycles. The minimum absolute atomic E-state index is 0.0102. The first-order valence-electron chi connectivity index (χ1n) is 5.04. The normalized spacial score (nSPS) is 12.4. The van der Waals surface area contributed by atoms with Gasteiger partial charge >= 0.3 is 5.51 Å². The third-order valence-electron chi connectivity index (χ3n) is 1.89. The second-order valence-electron chi connectivity index (χ2n) is 3.34. The summed E-state index contributed by atoms with van der Waals surface area (Å²) in [5, 5.41) is 2.96. The van der Waals surface area contributed by atoms with Crippen LogP contribution in [0.2, 0.25) is 0 Å². The highest BCUT2D eigenvalue weighted by Gasteiger charge is 2.27. The number of hydrogen-bond acceptors (Lipinski definition) is 4. The predicted molar refractivity (Wildman–Crippen MR) is 60.8 cm³/mol. The minimum Gasteiger partial charge on any atom is -0.383 e. The molecule has 0 unspecified atom stereocenters. The van der Waals surface area contributed by atoms with Crippen molar-refractivity contribution in [3.63, 3.8) is 0 Å². The van der Waals surface area contributed by atoms with E-state index >= 15 is 0 Å². The average Bonchev–Trinajstić information content (AvgIpc) is 2.18. The highest BCUT2D eigenvalue weighted by atomic mass is 32.2. The molecule has 98 valence electrons. The Bertz CT molecular complexity index is 169. The van der Waals surface area contributed by atoms with Crippen molar-refractivity contribution in [1.29, 1.82) is 0 Å². The summed E-state index contributed by atoms with van der Waals surface area (Å²) in [6.45, 7) is 3.37. The number of nitrogens with zero attached hydrogens (tertiary/aromatic N) is 1. The van der Waals surface area contributed by atoms with Crippen molar-refractivity contribution < 1.29 is 17.9 Å². The molecule has 0 aliphatic rings. The number of alkyl halides is 3. The molecule has 0 fully saturated rings. The van der Waals surface area contributed by atoms with Crippen LogP contribution in [-0.2, 0) is 4.74 Å². The van der Waals surface area contributed by atoms with Crippen molar-refractivity contribution in [2.45, 2.75) is 5.51 Å². The second kappa shape index (κ2) is 9.09. The Kier molecular flexibility index (Phi) is 9.10. The van der Waals surface area contributed by atoms with Crippen molar-refractivity contribution >= 4 is 11.8 Å². The Morgan fingerprint density at radius 2 is 1.94 bits per heavy atom. The van der Waals surface area contributed by atoms with Crippen molar-refractivity contribution in [2.24, 2.45) is 0 Å². The van der Waals surface area contributed by atoms with Gasteiger partial charge < -0.3 is 15.0 Å². The molecule has 16 heavy (non-hydrogen) atoms. The van der Waals surface area contributed by atoms with Gasteiger partial charge in [0.15, 0.2) is 0 Å². The van der Waals surface area contributed by atoms with E-state index in [-0.39, 0.29) is 17.5 Å². The summed E-state index contributed by atoms with van der Waals surface area (Å²) in [5.41, 5.74) is -4.11. The predicted octanol–water partition coefficient (Wildman–Crippen LogP) is 1.41. The lowest BCUT2D eigenvalue weighted by Crippen LogP contribution is -2.32. The van der Waals surface area contributed by atoms with Crippen LogP contribution in [0.1, 0.15) is 0 Å². The molecule has 0 bridgehead atoms. The lowest BCUT2D eigenvalue weighted by molar-refractivity contribution is -0.0327. The molecule has 7 heteroatoms. The van der Waals surface area contributed by atoms with E-state index in [9.17, 15) is 13.2 Å². The molecule has 0 radical (unpaired) electrons. The number of likely N-dealkylation sites (N-methyl/N-ethyl adjacent to an activating group) is 1. The van der Waals surface area contributed by atoms with Crippen LogP contribution in [0.15, 0.2) is 0 Å². The Morgan fingerprint density at radius 1 is 1.25 bits per heavy atom. The molecule has 0 heterocycles. The van der Waals surface area contributed by atoms with Gasteiger partial charge in [0.2, 0.25) is 0 Å². The molecule has 0 saturated carbocycles. The van der Waals surface area contributed by atoms with E-state index in [0.717, 1.165) is 13.1 Å². The SMILES string of the molecule is COCCN(C)CCNCCSC(F)(F)F. The molecule has 0 amide bonds. The third-order valence-corrected chi connectivity index (χ3v) is 2.63. The first-order chi connectivity index (χ1) is 7.45. The van der Waals surface area contributed by atoms with E-state index in [1.54, 1.807) is 7.11 Å². The highest BCUT2D eigenvalue weighted by molar-refractivity contribution is 8.00. The quantitative estimate of drug-likeness (QED) is 0.634. The Hall–Kier alpha value is 0.0200. The van der Waals surface area contributed by atoms with E-state index < -0.39 is 5.51 Å². The monoisotopic (exact) mass is 260 g/mol. The van der Waals surface area contributed by atoms with E-state index in [2.05, 4.69) is 10.2 Å². The maximum absolute atomic E-state index is 11.7. The molecule has 0 aromatic carbocycles. The first kappa shape index (κ1) is 16.0. The molecule has 0 aliphatic carbocycles. The van der Waals surface area contributed by atoms with E-state index in [1.807, 2.05) is 7.05 Å². The largest absolute Gasteiger partial charge is 0.441 e. The van der Waals surface area contributed by atoms with Crippen molar-refractivity contribution in [3.8, 4) is 0 Å². The number of thioether (sulfide) groups is 1. The molecule has 0 aromatic rings. The second-order valence-corrected chi connectivity index (χ2v) is 4.50. The smallest absolute Gasteiger partial charge is 0.383 e. The van der Waals surface area contributed by atoms with Crippen LogP contribution in [-0.4, -0.2) is 63.1 Å². The summed E-state index contributed by atoms with van der Waals surface area (Å²) in [6, 6.07) is 0. The molecule has 3 nitrogen and oxygen atoms in total. The maximum Gasteiger partial charge on any atom is 0.441 e. The Labute approximate surface area is 98.7 Å².